The SMILES string of the molecule is O=C1Nc2cc(Cl)c(Cl)cc2NC2CCCCC12. The third-order valence-electron chi connectivity index (χ3n) is 3.76. The fourth-order valence-corrected chi connectivity index (χ4v) is 3.14. The van der Waals surface area contributed by atoms with E-state index in [4.69, 9.17) is 23.2 Å². The summed E-state index contributed by atoms with van der Waals surface area (Å²) in [4.78, 5) is 12.2. The van der Waals surface area contributed by atoms with E-state index in [1.54, 1.807) is 12.1 Å². The standard InChI is InChI=1S/C13H14Cl2N2O/c14-8-5-11-12(6-9(8)15)17-13(18)7-3-1-2-4-10(7)16-11/h5-7,10,16H,1-4H2,(H,17,18). The van der Waals surface area contributed by atoms with E-state index in [1.807, 2.05) is 0 Å². The average Bonchev–Trinajstić information content (AvgIpc) is 2.48. The van der Waals surface area contributed by atoms with E-state index < -0.39 is 0 Å². The van der Waals surface area contributed by atoms with E-state index in [9.17, 15) is 4.79 Å². The number of rotatable bonds is 0. The summed E-state index contributed by atoms with van der Waals surface area (Å²) < 4.78 is 0. The van der Waals surface area contributed by atoms with Gasteiger partial charge in [0.2, 0.25) is 5.91 Å². The zero-order valence-electron chi connectivity index (χ0n) is 9.80. The molecule has 0 bridgehead atoms. The molecule has 0 saturated heterocycles. The molecule has 3 nitrogen and oxygen atoms in total. The van der Waals surface area contributed by atoms with E-state index in [-0.39, 0.29) is 17.9 Å². The normalized spacial score (nSPS) is 26.4. The lowest BCUT2D eigenvalue weighted by Crippen LogP contribution is -2.37. The van der Waals surface area contributed by atoms with Gasteiger partial charge < -0.3 is 10.6 Å². The van der Waals surface area contributed by atoms with Gasteiger partial charge in [-0.3, -0.25) is 4.79 Å². The number of carbonyl (C=O) groups is 1. The zero-order chi connectivity index (χ0) is 12.7. The van der Waals surface area contributed by atoms with Crippen molar-refractivity contribution >= 4 is 40.5 Å². The van der Waals surface area contributed by atoms with Gasteiger partial charge in [0.05, 0.1) is 27.3 Å². The van der Waals surface area contributed by atoms with Gasteiger partial charge in [-0.15, -0.1) is 0 Å². The fourth-order valence-electron chi connectivity index (χ4n) is 2.81. The van der Waals surface area contributed by atoms with E-state index in [1.165, 1.54) is 0 Å². The summed E-state index contributed by atoms with van der Waals surface area (Å²) in [6.45, 7) is 0. The second-order valence-corrected chi connectivity index (χ2v) is 5.76. The summed E-state index contributed by atoms with van der Waals surface area (Å²) in [6.07, 6.45) is 4.25. The molecular formula is C13H14Cl2N2O. The highest BCUT2D eigenvalue weighted by atomic mass is 35.5. The van der Waals surface area contributed by atoms with Gasteiger partial charge in [0, 0.05) is 6.04 Å². The van der Waals surface area contributed by atoms with Crippen molar-refractivity contribution in [3.8, 4) is 0 Å². The molecule has 1 heterocycles. The van der Waals surface area contributed by atoms with Gasteiger partial charge in [-0.25, -0.2) is 0 Å². The smallest absolute Gasteiger partial charge is 0.229 e. The van der Waals surface area contributed by atoms with Crippen LogP contribution in [-0.4, -0.2) is 11.9 Å². The van der Waals surface area contributed by atoms with Gasteiger partial charge in [0.1, 0.15) is 0 Å². The lowest BCUT2D eigenvalue weighted by molar-refractivity contribution is -0.120. The molecule has 1 aliphatic heterocycles. The molecule has 5 heteroatoms. The van der Waals surface area contributed by atoms with Gasteiger partial charge in [-0.05, 0) is 25.0 Å². The molecule has 2 aliphatic rings. The number of hydrogen-bond acceptors (Lipinski definition) is 2. The monoisotopic (exact) mass is 284 g/mol. The molecule has 1 saturated carbocycles. The van der Waals surface area contributed by atoms with Crippen molar-refractivity contribution in [2.24, 2.45) is 5.92 Å². The molecule has 96 valence electrons. The van der Waals surface area contributed by atoms with E-state index in [0.29, 0.717) is 10.0 Å². The highest BCUT2D eigenvalue weighted by Gasteiger charge is 2.34. The van der Waals surface area contributed by atoms with Crippen molar-refractivity contribution < 1.29 is 4.79 Å². The Balaban J connectivity index is 2.00. The summed E-state index contributed by atoms with van der Waals surface area (Å²) in [5.74, 6) is 0.132. The molecule has 1 fully saturated rings. The Morgan fingerprint density at radius 2 is 1.72 bits per heavy atom. The van der Waals surface area contributed by atoms with Crippen LogP contribution >= 0.6 is 23.2 Å². The molecule has 18 heavy (non-hydrogen) atoms. The molecule has 1 aromatic rings. The fraction of sp³-hybridized carbons (Fsp3) is 0.462. The highest BCUT2D eigenvalue weighted by Crippen LogP contribution is 2.38. The second-order valence-electron chi connectivity index (χ2n) is 4.94. The largest absolute Gasteiger partial charge is 0.380 e. The van der Waals surface area contributed by atoms with Crippen molar-refractivity contribution in [1.29, 1.82) is 0 Å². The maximum atomic E-state index is 12.2. The van der Waals surface area contributed by atoms with Crippen LogP contribution in [0.1, 0.15) is 25.7 Å². The van der Waals surface area contributed by atoms with Crippen molar-refractivity contribution in [1.82, 2.24) is 0 Å². The van der Waals surface area contributed by atoms with E-state index in [0.717, 1.165) is 37.1 Å². The predicted molar refractivity (Wildman–Crippen MR) is 74.5 cm³/mol. The van der Waals surface area contributed by atoms with Crippen molar-refractivity contribution in [2.75, 3.05) is 10.6 Å². The summed E-state index contributed by atoms with van der Waals surface area (Å²) in [7, 11) is 0. The maximum Gasteiger partial charge on any atom is 0.229 e. The topological polar surface area (TPSA) is 41.1 Å². The van der Waals surface area contributed by atoms with Gasteiger partial charge >= 0.3 is 0 Å². The Morgan fingerprint density at radius 3 is 2.50 bits per heavy atom. The second kappa shape index (κ2) is 4.63. The van der Waals surface area contributed by atoms with Crippen molar-refractivity contribution in [2.45, 2.75) is 31.7 Å². The number of amides is 1. The first-order chi connectivity index (χ1) is 8.65. The van der Waals surface area contributed by atoms with Crippen LogP contribution in [0, 0.1) is 5.92 Å². The summed E-state index contributed by atoms with van der Waals surface area (Å²) in [5, 5.41) is 7.35. The minimum atomic E-state index is 0.0451. The van der Waals surface area contributed by atoms with Gasteiger partial charge in [-0.1, -0.05) is 36.0 Å². The van der Waals surface area contributed by atoms with Crippen LogP contribution in [0.4, 0.5) is 11.4 Å². The Kier molecular flexibility index (Phi) is 3.12. The van der Waals surface area contributed by atoms with Gasteiger partial charge in [-0.2, -0.15) is 0 Å². The Hall–Kier alpha value is -0.930. The number of carbonyl (C=O) groups excluding carboxylic acids is 1. The van der Waals surface area contributed by atoms with Gasteiger partial charge in [0.15, 0.2) is 0 Å². The molecule has 1 amide bonds. The van der Waals surface area contributed by atoms with Crippen molar-refractivity contribution in [3.63, 3.8) is 0 Å². The number of fused-ring (bicyclic) bond motifs is 2. The van der Waals surface area contributed by atoms with Crippen LogP contribution in [-0.2, 0) is 4.79 Å². The summed E-state index contributed by atoms with van der Waals surface area (Å²) in [6, 6.07) is 3.70. The Bertz CT molecular complexity index is 504. The van der Waals surface area contributed by atoms with Crippen LogP contribution in [0.5, 0.6) is 0 Å². The van der Waals surface area contributed by atoms with Crippen LogP contribution in [0.2, 0.25) is 10.0 Å². The van der Waals surface area contributed by atoms with Crippen LogP contribution in [0.25, 0.3) is 0 Å². The molecule has 2 unspecified atom stereocenters. The van der Waals surface area contributed by atoms with Crippen LogP contribution < -0.4 is 10.6 Å². The molecule has 0 radical (unpaired) electrons. The highest BCUT2D eigenvalue weighted by molar-refractivity contribution is 6.42. The molecule has 2 atom stereocenters. The van der Waals surface area contributed by atoms with E-state index in [2.05, 4.69) is 10.6 Å². The first-order valence-corrected chi connectivity index (χ1v) is 6.97. The number of nitrogens with one attached hydrogen (secondary N) is 2. The minimum Gasteiger partial charge on any atom is -0.380 e. The first kappa shape index (κ1) is 12.1. The number of anilines is 2. The third-order valence-corrected chi connectivity index (χ3v) is 4.48. The van der Waals surface area contributed by atoms with Gasteiger partial charge in [0.25, 0.3) is 0 Å². The molecule has 0 spiro atoms. The zero-order valence-corrected chi connectivity index (χ0v) is 11.3. The Labute approximate surface area is 116 Å². The summed E-state index contributed by atoms with van der Waals surface area (Å²) in [5.41, 5.74) is 1.59. The predicted octanol–water partition coefficient (Wildman–Crippen LogP) is 3.92. The lowest BCUT2D eigenvalue weighted by atomic mass is 9.84. The minimum absolute atomic E-state index is 0.0451. The molecule has 1 aromatic carbocycles. The van der Waals surface area contributed by atoms with E-state index >= 15 is 0 Å². The number of halogens is 2. The van der Waals surface area contributed by atoms with Crippen molar-refractivity contribution in [3.05, 3.63) is 22.2 Å². The molecular weight excluding hydrogens is 271 g/mol. The van der Waals surface area contributed by atoms with Crippen LogP contribution in [0.15, 0.2) is 12.1 Å². The number of hydrogen-bond donors (Lipinski definition) is 2. The quantitative estimate of drug-likeness (QED) is 0.758. The van der Waals surface area contributed by atoms with Crippen LogP contribution in [0.3, 0.4) is 0 Å². The summed E-state index contributed by atoms with van der Waals surface area (Å²) >= 11 is 12.0. The Morgan fingerprint density at radius 1 is 1.06 bits per heavy atom. The molecule has 1 aliphatic carbocycles. The molecule has 2 N–H and O–H groups in total. The first-order valence-electron chi connectivity index (χ1n) is 6.21. The maximum absolute atomic E-state index is 12.2. The number of benzene rings is 1. The molecule has 0 aromatic heterocycles. The lowest BCUT2D eigenvalue weighted by Gasteiger charge is -2.29. The third kappa shape index (κ3) is 2.06. The molecule has 3 rings (SSSR count). The average molecular weight is 285 g/mol.